The fraction of sp³-hybridized carbons (Fsp3) is 0.167. The van der Waals surface area contributed by atoms with Crippen molar-refractivity contribution in [2.24, 2.45) is 3.77 Å². The SMILES string of the molecule is O=Cc1ccc(O/[S-](=O)=N/S(=O)(=O)C(F)(F)F)o1. The molecule has 0 aromatic carbocycles. The number of nitrogens with zero attached hydrogens (tertiary/aromatic N) is 1. The van der Waals surface area contributed by atoms with E-state index in [0.717, 1.165) is 12.1 Å². The predicted octanol–water partition coefficient (Wildman–Crippen LogP) is 1.38. The standard InChI is InChI=1S/C6H3F3NO6S2/c7-6(8,9)18(13,14)10-17(12)16-5-2-1-4(3-11)15-5/h1-3H/q-1. The van der Waals surface area contributed by atoms with Gasteiger partial charge in [0.05, 0.1) is 0 Å². The molecule has 0 unspecified atom stereocenters. The highest BCUT2D eigenvalue weighted by atomic mass is 32.3. The maximum Gasteiger partial charge on any atom is 0.516 e. The van der Waals surface area contributed by atoms with Crippen LogP contribution in [0.3, 0.4) is 0 Å². The first kappa shape index (κ1) is 14.5. The third-order valence-corrected chi connectivity index (χ3v) is 3.49. The minimum atomic E-state index is -5.93. The molecule has 0 fully saturated rings. The third-order valence-electron chi connectivity index (χ3n) is 1.32. The van der Waals surface area contributed by atoms with Crippen molar-refractivity contribution in [3.8, 4) is 5.95 Å². The Morgan fingerprint density at radius 1 is 1.39 bits per heavy atom. The maximum absolute atomic E-state index is 11.8. The van der Waals surface area contributed by atoms with Gasteiger partial charge < -0.3 is 12.8 Å². The number of aldehydes is 1. The number of carbonyl (C=O) groups is 1. The summed E-state index contributed by atoms with van der Waals surface area (Å²) in [6, 6.07) is 2.02. The first-order chi connectivity index (χ1) is 8.15. The van der Waals surface area contributed by atoms with Crippen molar-refractivity contribution < 1.29 is 39.2 Å². The van der Waals surface area contributed by atoms with Gasteiger partial charge in [-0.25, -0.2) is 3.77 Å². The molecule has 12 heteroatoms. The van der Waals surface area contributed by atoms with E-state index in [2.05, 4.69) is 8.60 Å². The third kappa shape index (κ3) is 3.46. The van der Waals surface area contributed by atoms with Crippen LogP contribution in [-0.2, 0) is 25.1 Å². The molecule has 0 spiro atoms. The highest BCUT2D eigenvalue weighted by Crippen LogP contribution is 2.25. The van der Waals surface area contributed by atoms with Gasteiger partial charge in [0.15, 0.2) is 12.0 Å². The largest absolute Gasteiger partial charge is 0.519 e. The highest BCUT2D eigenvalue weighted by Gasteiger charge is 2.44. The lowest BCUT2D eigenvalue weighted by Crippen LogP contribution is -2.21. The first-order valence-electron chi connectivity index (χ1n) is 3.85. The molecule has 0 saturated heterocycles. The molecule has 0 aliphatic rings. The molecular weight excluding hydrogens is 303 g/mol. The van der Waals surface area contributed by atoms with Crippen molar-refractivity contribution in [1.29, 1.82) is 0 Å². The van der Waals surface area contributed by atoms with Crippen molar-refractivity contribution in [1.82, 2.24) is 0 Å². The molecule has 18 heavy (non-hydrogen) atoms. The number of furan rings is 1. The zero-order valence-electron chi connectivity index (χ0n) is 8.08. The molecular formula is C6H3F3NO6S2-. The lowest BCUT2D eigenvalue weighted by Gasteiger charge is -2.08. The van der Waals surface area contributed by atoms with Gasteiger partial charge >= 0.3 is 15.5 Å². The Hall–Kier alpha value is -1.56. The van der Waals surface area contributed by atoms with E-state index in [4.69, 9.17) is 0 Å². The minimum absolute atomic E-state index is 0.249. The average molecular weight is 306 g/mol. The van der Waals surface area contributed by atoms with Gasteiger partial charge in [-0.3, -0.25) is 4.79 Å². The normalized spacial score (nSPS) is 14.4. The summed E-state index contributed by atoms with van der Waals surface area (Å²) in [7, 11) is -9.10. The van der Waals surface area contributed by atoms with Crippen molar-refractivity contribution in [3.05, 3.63) is 17.9 Å². The van der Waals surface area contributed by atoms with E-state index >= 15 is 0 Å². The summed E-state index contributed by atoms with van der Waals surface area (Å²) in [6.45, 7) is 0. The van der Waals surface area contributed by atoms with E-state index in [-0.39, 0.29) is 12.0 Å². The molecule has 0 amide bonds. The van der Waals surface area contributed by atoms with Crippen LogP contribution < -0.4 is 4.18 Å². The fourth-order valence-corrected chi connectivity index (χ4v) is 1.98. The molecule has 0 saturated carbocycles. The summed E-state index contributed by atoms with van der Waals surface area (Å²) in [5.41, 5.74) is -5.68. The van der Waals surface area contributed by atoms with Crippen molar-refractivity contribution in [2.75, 3.05) is 0 Å². The summed E-state index contributed by atoms with van der Waals surface area (Å²) < 4.78 is 77.9. The number of hydrogen-bond donors (Lipinski definition) is 0. The molecule has 1 rings (SSSR count). The topological polar surface area (TPSA) is 103 Å². The van der Waals surface area contributed by atoms with Gasteiger partial charge in [0.1, 0.15) is 0 Å². The second-order valence-corrected chi connectivity index (χ2v) is 5.18. The van der Waals surface area contributed by atoms with E-state index in [1.807, 2.05) is 3.77 Å². The molecule has 0 N–H and O–H groups in total. The predicted molar refractivity (Wildman–Crippen MR) is 50.2 cm³/mol. The summed E-state index contributed by atoms with van der Waals surface area (Å²) in [4.78, 5) is 10.2. The first-order valence-corrected chi connectivity index (χ1v) is 6.32. The lowest BCUT2D eigenvalue weighted by atomic mass is 10.5. The fourth-order valence-electron chi connectivity index (χ4n) is 0.650. The number of halogens is 3. The Balaban J connectivity index is 2.93. The van der Waals surface area contributed by atoms with E-state index in [1.54, 1.807) is 0 Å². The van der Waals surface area contributed by atoms with Gasteiger partial charge in [-0.05, 0) is 6.07 Å². The van der Waals surface area contributed by atoms with E-state index < -0.39 is 32.4 Å². The van der Waals surface area contributed by atoms with E-state index in [0.29, 0.717) is 0 Å². The van der Waals surface area contributed by atoms with Crippen LogP contribution in [0, 0.1) is 0 Å². The second-order valence-electron chi connectivity index (χ2n) is 2.57. The van der Waals surface area contributed by atoms with Crippen molar-refractivity contribution in [3.63, 3.8) is 0 Å². The monoisotopic (exact) mass is 306 g/mol. The zero-order valence-corrected chi connectivity index (χ0v) is 9.71. The quantitative estimate of drug-likeness (QED) is 0.615. The maximum atomic E-state index is 11.8. The number of sulfonamides is 1. The van der Waals surface area contributed by atoms with Gasteiger partial charge in [0, 0.05) is 16.9 Å². The molecule has 0 radical (unpaired) electrons. The lowest BCUT2D eigenvalue weighted by molar-refractivity contribution is -0.0434. The van der Waals surface area contributed by atoms with E-state index in [9.17, 15) is 30.6 Å². The van der Waals surface area contributed by atoms with Gasteiger partial charge in [-0.1, -0.05) is 0 Å². The minimum Gasteiger partial charge on any atom is -0.519 e. The smallest absolute Gasteiger partial charge is 0.516 e. The van der Waals surface area contributed by atoms with Crippen LogP contribution in [0.25, 0.3) is 0 Å². The summed E-state index contributed by atoms with van der Waals surface area (Å²) in [5.74, 6) is -0.864. The summed E-state index contributed by atoms with van der Waals surface area (Å²) in [6.07, 6.45) is 0.249. The molecule has 1 heterocycles. The Labute approximate surface area is 100 Å². The number of rotatable bonds is 4. The van der Waals surface area contributed by atoms with Crippen LogP contribution in [0.2, 0.25) is 0 Å². The number of carbonyl (C=O) groups excluding carboxylic acids is 1. The molecule has 7 nitrogen and oxygen atoms in total. The van der Waals surface area contributed by atoms with Gasteiger partial charge in [0.25, 0.3) is 5.95 Å². The van der Waals surface area contributed by atoms with Gasteiger partial charge in [-0.2, -0.15) is 21.6 Å². The highest BCUT2D eigenvalue weighted by molar-refractivity contribution is 7.96. The molecule has 0 aliphatic heterocycles. The molecule has 0 atom stereocenters. The zero-order chi connectivity index (χ0) is 14.0. The van der Waals surface area contributed by atoms with Crippen LogP contribution >= 0.6 is 0 Å². The Kier molecular flexibility index (Phi) is 4.01. The van der Waals surface area contributed by atoms with Crippen LogP contribution in [0.4, 0.5) is 13.2 Å². The van der Waals surface area contributed by atoms with Crippen LogP contribution in [0.15, 0.2) is 20.3 Å². The molecule has 1 aromatic heterocycles. The Bertz CT molecular complexity index is 624. The number of hydrogen-bond acceptors (Lipinski definition) is 7. The Morgan fingerprint density at radius 2 is 2.00 bits per heavy atom. The molecule has 1 aromatic rings. The van der Waals surface area contributed by atoms with Gasteiger partial charge in [-0.15, -0.1) is 0 Å². The van der Waals surface area contributed by atoms with Crippen molar-refractivity contribution in [2.45, 2.75) is 5.51 Å². The van der Waals surface area contributed by atoms with Crippen molar-refractivity contribution >= 4 is 27.2 Å². The molecule has 102 valence electrons. The van der Waals surface area contributed by atoms with Gasteiger partial charge in [0.2, 0.25) is 0 Å². The van der Waals surface area contributed by atoms with Crippen LogP contribution in [0.5, 0.6) is 5.95 Å². The second kappa shape index (κ2) is 4.97. The summed E-state index contributed by atoms with van der Waals surface area (Å²) >= 11 is 0. The molecule has 0 bridgehead atoms. The molecule has 0 aliphatic carbocycles. The van der Waals surface area contributed by atoms with Crippen LogP contribution in [-0.4, -0.2) is 20.2 Å². The average Bonchev–Trinajstić information content (AvgIpc) is 2.62. The summed E-state index contributed by atoms with van der Waals surface area (Å²) in [5, 5.41) is 0. The Morgan fingerprint density at radius 3 is 2.44 bits per heavy atom. The van der Waals surface area contributed by atoms with E-state index in [1.165, 1.54) is 0 Å². The number of alkyl halides is 3. The van der Waals surface area contributed by atoms with Crippen LogP contribution in [0.1, 0.15) is 10.6 Å².